The number of pyridine rings is 1. The maximum Gasteiger partial charge on any atom is 0.257 e. The van der Waals surface area contributed by atoms with Crippen LogP contribution in [0.5, 0.6) is 0 Å². The second kappa shape index (κ2) is 6.57. The van der Waals surface area contributed by atoms with Crippen LogP contribution < -0.4 is 10.9 Å². The van der Waals surface area contributed by atoms with Crippen LogP contribution in [-0.2, 0) is 0 Å². The Morgan fingerprint density at radius 1 is 1.30 bits per heavy atom. The van der Waals surface area contributed by atoms with Gasteiger partial charge in [0, 0.05) is 18.0 Å². The Morgan fingerprint density at radius 3 is 2.80 bits per heavy atom. The normalized spacial score (nSPS) is 11.4. The van der Waals surface area contributed by atoms with Crippen LogP contribution in [0.25, 0.3) is 10.8 Å². The Morgan fingerprint density at radius 2 is 2.05 bits per heavy atom. The van der Waals surface area contributed by atoms with Crippen LogP contribution in [0.2, 0.25) is 0 Å². The predicted octanol–water partition coefficient (Wildman–Crippen LogP) is 2.67. The Kier molecular flexibility index (Phi) is 4.79. The van der Waals surface area contributed by atoms with Crippen molar-refractivity contribution in [3.05, 3.63) is 40.7 Å². The minimum Gasteiger partial charge on any atom is -0.371 e. The van der Waals surface area contributed by atoms with E-state index in [-0.39, 0.29) is 5.56 Å². The highest BCUT2D eigenvalue weighted by Gasteiger charge is 2.03. The van der Waals surface area contributed by atoms with Crippen molar-refractivity contribution >= 4 is 16.6 Å². The lowest BCUT2D eigenvalue weighted by molar-refractivity contribution is 0.273. The van der Waals surface area contributed by atoms with Gasteiger partial charge in [-0.3, -0.25) is 4.79 Å². The van der Waals surface area contributed by atoms with Gasteiger partial charge in [0.15, 0.2) is 0 Å². The van der Waals surface area contributed by atoms with Gasteiger partial charge in [-0.05, 0) is 51.4 Å². The molecular formula is C16H23N3O. The lowest BCUT2D eigenvalue weighted by Gasteiger charge is -2.20. The Labute approximate surface area is 119 Å². The van der Waals surface area contributed by atoms with Gasteiger partial charge in [0.2, 0.25) is 0 Å². The largest absolute Gasteiger partial charge is 0.371 e. The maximum atomic E-state index is 11.9. The van der Waals surface area contributed by atoms with Gasteiger partial charge in [0.05, 0.1) is 0 Å². The van der Waals surface area contributed by atoms with Crippen molar-refractivity contribution in [3.63, 3.8) is 0 Å². The van der Waals surface area contributed by atoms with Crippen LogP contribution in [-0.4, -0.2) is 36.1 Å². The lowest BCUT2D eigenvalue weighted by Crippen LogP contribution is -2.28. The van der Waals surface area contributed by atoms with Crippen molar-refractivity contribution in [3.8, 4) is 0 Å². The first kappa shape index (κ1) is 14.6. The van der Waals surface area contributed by atoms with Crippen molar-refractivity contribution in [2.45, 2.75) is 26.3 Å². The predicted molar refractivity (Wildman–Crippen MR) is 85.4 cm³/mol. The molecule has 0 spiro atoms. The van der Waals surface area contributed by atoms with Crippen LogP contribution in [0.4, 0.5) is 5.82 Å². The molecule has 4 nitrogen and oxygen atoms in total. The van der Waals surface area contributed by atoms with Gasteiger partial charge < -0.3 is 15.2 Å². The Bertz CT molecular complexity index is 618. The van der Waals surface area contributed by atoms with E-state index in [1.807, 2.05) is 30.3 Å². The molecule has 0 aliphatic heterocycles. The summed E-state index contributed by atoms with van der Waals surface area (Å²) in [6, 6.07) is 10.2. The fourth-order valence-corrected chi connectivity index (χ4v) is 2.12. The first-order chi connectivity index (χ1) is 9.58. The number of hydrogen-bond acceptors (Lipinski definition) is 3. The molecule has 20 heavy (non-hydrogen) atoms. The van der Waals surface area contributed by atoms with E-state index in [0.29, 0.717) is 6.04 Å². The van der Waals surface area contributed by atoms with Crippen molar-refractivity contribution in [2.75, 3.05) is 25.5 Å². The maximum absolute atomic E-state index is 11.9. The van der Waals surface area contributed by atoms with E-state index in [1.54, 1.807) is 0 Å². The molecule has 0 aliphatic rings. The highest BCUT2D eigenvalue weighted by molar-refractivity contribution is 5.83. The van der Waals surface area contributed by atoms with Gasteiger partial charge in [-0.2, -0.15) is 0 Å². The first-order valence-electron chi connectivity index (χ1n) is 7.14. The van der Waals surface area contributed by atoms with Crippen LogP contribution >= 0.6 is 0 Å². The van der Waals surface area contributed by atoms with E-state index in [2.05, 4.69) is 36.1 Å². The van der Waals surface area contributed by atoms with Crippen molar-refractivity contribution in [1.29, 1.82) is 0 Å². The Balaban J connectivity index is 1.95. The average Bonchev–Trinajstić information content (AvgIpc) is 2.43. The SMILES string of the molecule is CC(C)N(C)CCCNc1cc2ccccc2c(=O)[nH]1. The summed E-state index contributed by atoms with van der Waals surface area (Å²) in [5.41, 5.74) is -0.0371. The smallest absolute Gasteiger partial charge is 0.257 e. The van der Waals surface area contributed by atoms with Crippen molar-refractivity contribution < 1.29 is 0 Å². The second-order valence-electron chi connectivity index (χ2n) is 5.45. The second-order valence-corrected chi connectivity index (χ2v) is 5.45. The number of rotatable bonds is 6. The van der Waals surface area contributed by atoms with Gasteiger partial charge in [0.1, 0.15) is 5.82 Å². The van der Waals surface area contributed by atoms with Gasteiger partial charge in [-0.15, -0.1) is 0 Å². The minimum atomic E-state index is -0.0371. The molecule has 2 rings (SSSR count). The molecule has 108 valence electrons. The number of nitrogens with zero attached hydrogens (tertiary/aromatic N) is 1. The fourth-order valence-electron chi connectivity index (χ4n) is 2.12. The van der Waals surface area contributed by atoms with Gasteiger partial charge in [-0.1, -0.05) is 18.2 Å². The molecule has 1 aromatic carbocycles. The van der Waals surface area contributed by atoms with Crippen molar-refractivity contribution in [2.24, 2.45) is 0 Å². The monoisotopic (exact) mass is 273 g/mol. The topological polar surface area (TPSA) is 48.1 Å². The van der Waals surface area contributed by atoms with E-state index in [4.69, 9.17) is 0 Å². The highest BCUT2D eigenvalue weighted by Crippen LogP contribution is 2.12. The zero-order chi connectivity index (χ0) is 14.5. The number of benzene rings is 1. The van der Waals surface area contributed by atoms with E-state index >= 15 is 0 Å². The molecule has 0 fully saturated rings. The summed E-state index contributed by atoms with van der Waals surface area (Å²) >= 11 is 0. The molecule has 0 bridgehead atoms. The third-order valence-corrected chi connectivity index (χ3v) is 3.64. The molecule has 0 radical (unpaired) electrons. The minimum absolute atomic E-state index is 0.0371. The van der Waals surface area contributed by atoms with Crippen LogP contribution in [0.15, 0.2) is 35.1 Å². The van der Waals surface area contributed by atoms with Gasteiger partial charge in [0.25, 0.3) is 5.56 Å². The number of anilines is 1. The summed E-state index contributed by atoms with van der Waals surface area (Å²) in [5.74, 6) is 0.793. The number of nitrogens with one attached hydrogen (secondary N) is 2. The molecule has 1 aromatic heterocycles. The summed E-state index contributed by atoms with van der Waals surface area (Å²) in [6.07, 6.45) is 1.05. The molecule has 0 atom stereocenters. The molecule has 0 amide bonds. The molecular weight excluding hydrogens is 250 g/mol. The van der Waals surface area contributed by atoms with Crippen molar-refractivity contribution in [1.82, 2.24) is 9.88 Å². The summed E-state index contributed by atoms with van der Waals surface area (Å²) in [6.45, 7) is 6.27. The summed E-state index contributed by atoms with van der Waals surface area (Å²) < 4.78 is 0. The fraction of sp³-hybridized carbons (Fsp3) is 0.438. The summed E-state index contributed by atoms with van der Waals surface area (Å²) in [7, 11) is 2.13. The molecule has 0 saturated heterocycles. The number of aromatic nitrogens is 1. The quantitative estimate of drug-likeness (QED) is 0.796. The third-order valence-electron chi connectivity index (χ3n) is 3.64. The molecule has 0 saturated carbocycles. The van der Waals surface area contributed by atoms with Crippen LogP contribution in [0.1, 0.15) is 20.3 Å². The van der Waals surface area contributed by atoms with E-state index in [0.717, 1.165) is 36.1 Å². The summed E-state index contributed by atoms with van der Waals surface area (Å²) in [5, 5.41) is 4.99. The zero-order valence-electron chi connectivity index (χ0n) is 12.4. The highest BCUT2D eigenvalue weighted by atomic mass is 16.1. The molecule has 4 heteroatoms. The lowest BCUT2D eigenvalue weighted by atomic mass is 10.2. The van der Waals surface area contributed by atoms with Gasteiger partial charge >= 0.3 is 0 Å². The zero-order valence-corrected chi connectivity index (χ0v) is 12.4. The third kappa shape index (κ3) is 3.61. The van der Waals surface area contributed by atoms with Crippen LogP contribution in [0.3, 0.4) is 0 Å². The average molecular weight is 273 g/mol. The number of fused-ring (bicyclic) bond motifs is 1. The molecule has 1 heterocycles. The number of aromatic amines is 1. The first-order valence-corrected chi connectivity index (χ1v) is 7.14. The molecule has 0 unspecified atom stereocenters. The van der Waals surface area contributed by atoms with E-state index in [1.165, 1.54) is 0 Å². The number of hydrogen-bond donors (Lipinski definition) is 2. The molecule has 2 aromatic rings. The molecule has 0 aliphatic carbocycles. The van der Waals surface area contributed by atoms with E-state index < -0.39 is 0 Å². The number of H-pyrrole nitrogens is 1. The van der Waals surface area contributed by atoms with Crippen LogP contribution in [0, 0.1) is 0 Å². The van der Waals surface area contributed by atoms with E-state index in [9.17, 15) is 4.79 Å². The van der Waals surface area contributed by atoms with Gasteiger partial charge in [-0.25, -0.2) is 0 Å². The molecule has 2 N–H and O–H groups in total. The Hall–Kier alpha value is -1.81. The standard InChI is InChI=1S/C16H23N3O/c1-12(2)19(3)10-6-9-17-15-11-13-7-4-5-8-14(13)16(20)18-15/h4-5,7-8,11-12H,6,9-10H2,1-3H3,(H2,17,18,20). The summed E-state index contributed by atoms with van der Waals surface area (Å²) in [4.78, 5) is 17.1.